The van der Waals surface area contributed by atoms with Crippen LogP contribution in [-0.4, -0.2) is 65.3 Å². The van der Waals surface area contributed by atoms with Crippen molar-refractivity contribution in [2.24, 2.45) is 0 Å². The summed E-state index contributed by atoms with van der Waals surface area (Å²) in [4.78, 5) is 4.73. The second kappa shape index (κ2) is 7.62. The first-order chi connectivity index (χ1) is 12.7. The molecule has 0 spiro atoms. The number of fused-ring (bicyclic) bond motifs is 1. The minimum atomic E-state index is -0.461. The van der Waals surface area contributed by atoms with Gasteiger partial charge in [-0.3, -0.25) is 4.90 Å². The van der Waals surface area contributed by atoms with E-state index < -0.39 is 6.10 Å². The van der Waals surface area contributed by atoms with Gasteiger partial charge in [0, 0.05) is 44.4 Å². The summed E-state index contributed by atoms with van der Waals surface area (Å²) in [5.74, 6) is 0. The summed E-state index contributed by atoms with van der Waals surface area (Å²) in [6.45, 7) is 4.85. The Labute approximate surface area is 155 Å². The fourth-order valence-electron chi connectivity index (χ4n) is 3.96. The molecule has 0 amide bonds. The molecule has 0 radical (unpaired) electrons. The van der Waals surface area contributed by atoms with Crippen LogP contribution in [0.1, 0.15) is 11.6 Å². The number of aromatic nitrogens is 1. The lowest BCUT2D eigenvalue weighted by Gasteiger charge is -2.36. The number of para-hydroxylation sites is 1. The molecule has 1 aliphatic heterocycles. The quantitative estimate of drug-likeness (QED) is 0.769. The van der Waals surface area contributed by atoms with E-state index in [0.717, 1.165) is 31.7 Å². The molecule has 2 heterocycles. The molecule has 1 N–H and O–H groups in total. The Hall–Kier alpha value is -2.14. The minimum absolute atomic E-state index is 0.0873. The van der Waals surface area contributed by atoms with E-state index in [1.54, 1.807) is 0 Å². The van der Waals surface area contributed by atoms with Gasteiger partial charge in [0.05, 0.1) is 12.1 Å². The second-order valence-electron chi connectivity index (χ2n) is 7.31. The van der Waals surface area contributed by atoms with Gasteiger partial charge in [-0.2, -0.15) is 0 Å². The van der Waals surface area contributed by atoms with Gasteiger partial charge < -0.3 is 14.6 Å². The number of benzene rings is 2. The molecule has 1 aromatic heterocycles. The molecule has 1 aliphatic rings. The van der Waals surface area contributed by atoms with Crippen molar-refractivity contribution in [3.63, 3.8) is 0 Å². The SMILES string of the molecule is CN1CCN(CC(O)C(c2ccccc2)n2ccc3ccccc32)CC1. The van der Waals surface area contributed by atoms with E-state index in [4.69, 9.17) is 0 Å². The van der Waals surface area contributed by atoms with Crippen LogP contribution in [0.25, 0.3) is 10.9 Å². The van der Waals surface area contributed by atoms with Gasteiger partial charge in [-0.1, -0.05) is 48.5 Å². The Kier molecular flexibility index (Phi) is 5.07. The first-order valence-electron chi connectivity index (χ1n) is 9.42. The van der Waals surface area contributed by atoms with E-state index in [2.05, 4.69) is 82.2 Å². The lowest BCUT2D eigenvalue weighted by molar-refractivity contribution is 0.0594. The van der Waals surface area contributed by atoms with E-state index >= 15 is 0 Å². The predicted octanol–water partition coefficient (Wildman–Crippen LogP) is 2.84. The van der Waals surface area contributed by atoms with Crippen LogP contribution in [0.15, 0.2) is 66.9 Å². The molecule has 26 heavy (non-hydrogen) atoms. The number of aliphatic hydroxyl groups excluding tert-OH is 1. The Morgan fingerprint density at radius 1 is 0.885 bits per heavy atom. The van der Waals surface area contributed by atoms with Crippen LogP contribution in [0.3, 0.4) is 0 Å². The summed E-state index contributed by atoms with van der Waals surface area (Å²) >= 11 is 0. The molecule has 4 rings (SSSR count). The summed E-state index contributed by atoms with van der Waals surface area (Å²) in [5.41, 5.74) is 2.31. The summed E-state index contributed by atoms with van der Waals surface area (Å²) in [6, 6.07) is 20.8. The van der Waals surface area contributed by atoms with E-state index in [0.29, 0.717) is 6.54 Å². The maximum atomic E-state index is 11.2. The van der Waals surface area contributed by atoms with Gasteiger partial charge in [0.15, 0.2) is 0 Å². The molecule has 136 valence electrons. The highest BCUT2D eigenvalue weighted by molar-refractivity contribution is 5.80. The number of β-amino-alcohol motifs (C(OH)–C–C–N with tert-alkyl or cyclic N) is 1. The van der Waals surface area contributed by atoms with Gasteiger partial charge in [-0.25, -0.2) is 0 Å². The van der Waals surface area contributed by atoms with Crippen LogP contribution in [-0.2, 0) is 0 Å². The average Bonchev–Trinajstić information content (AvgIpc) is 3.09. The number of piperazine rings is 1. The predicted molar refractivity (Wildman–Crippen MR) is 106 cm³/mol. The number of hydrogen-bond donors (Lipinski definition) is 1. The highest BCUT2D eigenvalue weighted by Crippen LogP contribution is 2.28. The van der Waals surface area contributed by atoms with Crippen molar-refractivity contribution in [1.82, 2.24) is 14.4 Å². The summed E-state index contributed by atoms with van der Waals surface area (Å²) in [7, 11) is 2.16. The van der Waals surface area contributed by atoms with Gasteiger partial charge in [-0.15, -0.1) is 0 Å². The summed E-state index contributed by atoms with van der Waals surface area (Å²) in [6.07, 6.45) is 1.65. The molecule has 1 fully saturated rings. The maximum Gasteiger partial charge on any atom is 0.0915 e. The van der Waals surface area contributed by atoms with Gasteiger partial charge >= 0.3 is 0 Å². The highest BCUT2D eigenvalue weighted by Gasteiger charge is 2.27. The third-order valence-corrected chi connectivity index (χ3v) is 5.48. The van der Waals surface area contributed by atoms with Crippen LogP contribution in [0, 0.1) is 0 Å². The summed E-state index contributed by atoms with van der Waals surface area (Å²) < 4.78 is 2.23. The maximum absolute atomic E-state index is 11.2. The fraction of sp³-hybridized carbons (Fsp3) is 0.364. The Morgan fingerprint density at radius 2 is 1.58 bits per heavy atom. The molecule has 0 aliphatic carbocycles. The van der Waals surface area contributed by atoms with Crippen LogP contribution in [0.5, 0.6) is 0 Å². The van der Waals surface area contributed by atoms with Crippen molar-refractivity contribution in [3.05, 3.63) is 72.4 Å². The first kappa shape index (κ1) is 17.3. The third-order valence-electron chi connectivity index (χ3n) is 5.48. The van der Waals surface area contributed by atoms with Gasteiger partial charge in [0.25, 0.3) is 0 Å². The molecule has 4 heteroatoms. The Bertz CT molecular complexity index is 837. The van der Waals surface area contributed by atoms with Crippen molar-refractivity contribution in [2.45, 2.75) is 12.1 Å². The molecule has 3 aromatic rings. The fourth-order valence-corrected chi connectivity index (χ4v) is 3.96. The third kappa shape index (κ3) is 3.54. The molecule has 4 nitrogen and oxygen atoms in total. The average molecular weight is 349 g/mol. The number of nitrogens with zero attached hydrogens (tertiary/aromatic N) is 3. The smallest absolute Gasteiger partial charge is 0.0915 e. The van der Waals surface area contributed by atoms with Crippen LogP contribution >= 0.6 is 0 Å². The zero-order valence-electron chi connectivity index (χ0n) is 15.3. The zero-order chi connectivity index (χ0) is 17.9. The number of likely N-dealkylation sites (N-methyl/N-ethyl adjacent to an activating group) is 1. The van der Waals surface area contributed by atoms with Crippen molar-refractivity contribution in [1.29, 1.82) is 0 Å². The Balaban J connectivity index is 1.65. The molecule has 0 bridgehead atoms. The van der Waals surface area contributed by atoms with Crippen LogP contribution in [0.2, 0.25) is 0 Å². The van der Waals surface area contributed by atoms with Crippen molar-refractivity contribution >= 4 is 10.9 Å². The highest BCUT2D eigenvalue weighted by atomic mass is 16.3. The van der Waals surface area contributed by atoms with E-state index in [1.165, 1.54) is 10.9 Å². The summed E-state index contributed by atoms with van der Waals surface area (Å²) in [5, 5.41) is 12.4. The monoisotopic (exact) mass is 349 g/mol. The van der Waals surface area contributed by atoms with Gasteiger partial charge in [-0.05, 0) is 30.1 Å². The standard InChI is InChI=1S/C22H27N3O/c1-23-13-15-24(16-14-23)17-21(26)22(19-8-3-2-4-9-19)25-12-11-18-7-5-6-10-20(18)25/h2-12,21-22,26H,13-17H2,1H3. The number of aliphatic hydroxyl groups is 1. The van der Waals surface area contributed by atoms with E-state index in [1.807, 2.05) is 6.07 Å². The largest absolute Gasteiger partial charge is 0.389 e. The second-order valence-corrected chi connectivity index (χ2v) is 7.31. The first-order valence-corrected chi connectivity index (χ1v) is 9.42. The molecule has 1 saturated heterocycles. The molecule has 2 unspecified atom stereocenters. The van der Waals surface area contributed by atoms with E-state index in [9.17, 15) is 5.11 Å². The van der Waals surface area contributed by atoms with Gasteiger partial charge in [0.2, 0.25) is 0 Å². The molecule has 2 aromatic carbocycles. The van der Waals surface area contributed by atoms with E-state index in [-0.39, 0.29) is 6.04 Å². The molecular weight excluding hydrogens is 322 g/mol. The minimum Gasteiger partial charge on any atom is -0.389 e. The van der Waals surface area contributed by atoms with Crippen molar-refractivity contribution in [3.8, 4) is 0 Å². The lowest BCUT2D eigenvalue weighted by Crippen LogP contribution is -2.48. The normalized spacial score (nSPS) is 18.8. The number of rotatable bonds is 5. The topological polar surface area (TPSA) is 31.6 Å². The van der Waals surface area contributed by atoms with Crippen molar-refractivity contribution in [2.75, 3.05) is 39.8 Å². The number of hydrogen-bond acceptors (Lipinski definition) is 3. The van der Waals surface area contributed by atoms with Crippen molar-refractivity contribution < 1.29 is 5.11 Å². The lowest BCUT2D eigenvalue weighted by atomic mass is 10.00. The van der Waals surface area contributed by atoms with Crippen LogP contribution < -0.4 is 0 Å². The van der Waals surface area contributed by atoms with Gasteiger partial charge in [0.1, 0.15) is 0 Å². The molecular formula is C22H27N3O. The Morgan fingerprint density at radius 3 is 2.35 bits per heavy atom. The molecule has 0 saturated carbocycles. The zero-order valence-corrected chi connectivity index (χ0v) is 15.3. The molecule has 2 atom stereocenters. The van der Waals surface area contributed by atoms with Crippen LogP contribution in [0.4, 0.5) is 0 Å².